The summed E-state index contributed by atoms with van der Waals surface area (Å²) in [7, 11) is 0. The van der Waals surface area contributed by atoms with E-state index in [2.05, 4.69) is 43.5 Å². The lowest BCUT2D eigenvalue weighted by molar-refractivity contribution is -0.143. The van der Waals surface area contributed by atoms with Gasteiger partial charge in [0.15, 0.2) is 0 Å². The van der Waals surface area contributed by atoms with E-state index in [-0.39, 0.29) is 18.5 Å². The van der Waals surface area contributed by atoms with Gasteiger partial charge in [0.05, 0.1) is 25.4 Å². The van der Waals surface area contributed by atoms with E-state index in [1.54, 1.807) is 6.08 Å². The molecule has 0 saturated heterocycles. The Morgan fingerprint density at radius 3 is 1.28 bits per heavy atom. The highest BCUT2D eigenvalue weighted by molar-refractivity contribution is 5.76. The molecule has 61 heavy (non-hydrogen) atoms. The minimum atomic E-state index is -0.849. The normalized spacial score (nSPS) is 12.9. The Labute approximate surface area is 379 Å². The molecule has 0 saturated carbocycles. The number of rotatable bonds is 49. The second-order valence-electron chi connectivity index (χ2n) is 18.2. The van der Waals surface area contributed by atoms with Gasteiger partial charge in [0.2, 0.25) is 5.91 Å². The predicted octanol–water partition coefficient (Wildman–Crippen LogP) is 16.1. The lowest BCUT2D eigenvalue weighted by atomic mass is 10.0. The molecule has 3 N–H and O–H groups in total. The third kappa shape index (κ3) is 47.4. The lowest BCUT2D eigenvalue weighted by Gasteiger charge is -2.20. The molecule has 2 unspecified atom stereocenters. The largest absolute Gasteiger partial charge is 0.466 e. The van der Waals surface area contributed by atoms with Gasteiger partial charge in [-0.2, -0.15) is 0 Å². The second kappa shape index (κ2) is 50.7. The molecule has 2 atom stereocenters. The molecular formula is C55H103NO5. The van der Waals surface area contributed by atoms with Gasteiger partial charge >= 0.3 is 5.97 Å². The molecule has 0 aromatic heterocycles. The fourth-order valence-corrected chi connectivity index (χ4v) is 8.02. The van der Waals surface area contributed by atoms with Crippen molar-refractivity contribution in [3.05, 3.63) is 36.5 Å². The molecule has 0 radical (unpaired) electrons. The number of carbonyl (C=O) groups excluding carboxylic acids is 2. The molecule has 6 heteroatoms. The summed E-state index contributed by atoms with van der Waals surface area (Å²) >= 11 is 0. The summed E-state index contributed by atoms with van der Waals surface area (Å²) < 4.78 is 5.46. The minimum absolute atomic E-state index is 0.0124. The van der Waals surface area contributed by atoms with Crippen LogP contribution in [0.3, 0.4) is 0 Å². The molecule has 0 aliphatic carbocycles. The van der Waals surface area contributed by atoms with Crippen molar-refractivity contribution in [3.63, 3.8) is 0 Å². The zero-order chi connectivity index (χ0) is 44.4. The van der Waals surface area contributed by atoms with Crippen molar-refractivity contribution in [3.8, 4) is 0 Å². The van der Waals surface area contributed by atoms with Crippen LogP contribution >= 0.6 is 0 Å². The van der Waals surface area contributed by atoms with Crippen LogP contribution in [0.4, 0.5) is 0 Å². The fraction of sp³-hybridized carbons (Fsp3) is 0.855. The molecule has 0 aliphatic heterocycles. The number of nitrogens with one attached hydrogen (secondary N) is 1. The maximum atomic E-state index is 12.4. The van der Waals surface area contributed by atoms with Crippen molar-refractivity contribution in [2.24, 2.45) is 0 Å². The summed E-state index contributed by atoms with van der Waals surface area (Å²) in [5, 5.41) is 23.0. The summed E-state index contributed by atoms with van der Waals surface area (Å²) in [4.78, 5) is 24.4. The van der Waals surface area contributed by atoms with Gasteiger partial charge in [0.1, 0.15) is 0 Å². The van der Waals surface area contributed by atoms with E-state index in [1.807, 2.05) is 6.08 Å². The first-order valence-corrected chi connectivity index (χ1v) is 26.8. The van der Waals surface area contributed by atoms with Gasteiger partial charge in [-0.25, -0.2) is 0 Å². The van der Waals surface area contributed by atoms with Crippen LogP contribution in [0.1, 0.15) is 277 Å². The number of ether oxygens (including phenoxy) is 1. The van der Waals surface area contributed by atoms with Crippen LogP contribution < -0.4 is 5.32 Å². The molecular weight excluding hydrogens is 755 g/mol. The van der Waals surface area contributed by atoms with Crippen LogP contribution in [0.25, 0.3) is 0 Å². The molecule has 0 bridgehead atoms. The van der Waals surface area contributed by atoms with Crippen molar-refractivity contribution >= 4 is 11.9 Å². The number of allylic oxidation sites excluding steroid dienone is 5. The average molecular weight is 858 g/mol. The third-order valence-electron chi connectivity index (χ3n) is 12.2. The van der Waals surface area contributed by atoms with E-state index < -0.39 is 12.1 Å². The minimum Gasteiger partial charge on any atom is -0.466 e. The molecule has 0 spiro atoms. The fourth-order valence-electron chi connectivity index (χ4n) is 8.02. The van der Waals surface area contributed by atoms with Crippen molar-refractivity contribution < 1.29 is 24.5 Å². The third-order valence-corrected chi connectivity index (χ3v) is 12.2. The second-order valence-corrected chi connectivity index (χ2v) is 18.2. The Kier molecular flexibility index (Phi) is 49.1. The monoisotopic (exact) mass is 858 g/mol. The molecule has 0 aromatic rings. The standard InChI is InChI=1S/C55H103NO5/c1-3-5-7-9-11-13-15-17-20-25-29-33-37-41-45-49-55(60)61-50-46-42-38-34-30-26-22-19-18-21-24-28-32-36-40-44-48-54(59)56-52(51-57)53(58)47-43-39-35-31-27-23-16-14-12-10-8-6-4-2/h11,13,17,20,43,47,52-53,57-58H,3-10,12,14-16,18-19,21-42,44-46,48-51H2,1-2H3,(H,56,59)/b13-11-,20-17-,47-43+. The first-order valence-electron chi connectivity index (χ1n) is 26.8. The first-order chi connectivity index (χ1) is 30.0. The highest BCUT2D eigenvalue weighted by Crippen LogP contribution is 2.16. The van der Waals surface area contributed by atoms with E-state index in [4.69, 9.17) is 4.74 Å². The summed E-state index contributed by atoms with van der Waals surface area (Å²) in [6, 6.07) is -0.633. The van der Waals surface area contributed by atoms with Gasteiger partial charge in [-0.05, 0) is 64.2 Å². The van der Waals surface area contributed by atoms with Gasteiger partial charge in [0, 0.05) is 12.8 Å². The summed E-state index contributed by atoms with van der Waals surface area (Å²) in [5.41, 5.74) is 0. The molecule has 1 amide bonds. The zero-order valence-corrected chi connectivity index (χ0v) is 40.6. The summed E-state index contributed by atoms with van der Waals surface area (Å²) in [6.07, 6.45) is 61.4. The van der Waals surface area contributed by atoms with Gasteiger partial charge < -0.3 is 20.3 Å². The van der Waals surface area contributed by atoms with Crippen LogP contribution in [-0.4, -0.2) is 47.4 Å². The van der Waals surface area contributed by atoms with Crippen molar-refractivity contribution in [1.29, 1.82) is 0 Å². The average Bonchev–Trinajstić information content (AvgIpc) is 3.26. The molecule has 0 rings (SSSR count). The van der Waals surface area contributed by atoms with E-state index in [0.29, 0.717) is 19.4 Å². The van der Waals surface area contributed by atoms with E-state index in [9.17, 15) is 19.8 Å². The number of amides is 1. The maximum absolute atomic E-state index is 12.4. The molecule has 358 valence electrons. The molecule has 0 fully saturated rings. The summed E-state index contributed by atoms with van der Waals surface area (Å²) in [5.74, 6) is -0.0884. The number of aliphatic hydroxyl groups excluding tert-OH is 2. The predicted molar refractivity (Wildman–Crippen MR) is 264 cm³/mol. The molecule has 0 aromatic carbocycles. The smallest absolute Gasteiger partial charge is 0.305 e. The van der Waals surface area contributed by atoms with E-state index >= 15 is 0 Å². The Balaban J connectivity index is 3.46. The number of esters is 1. The number of aliphatic hydroxyl groups is 2. The van der Waals surface area contributed by atoms with Crippen molar-refractivity contribution in [1.82, 2.24) is 5.32 Å². The Hall–Kier alpha value is -1.92. The summed E-state index contributed by atoms with van der Waals surface area (Å²) in [6.45, 7) is 4.85. The molecule has 0 heterocycles. The van der Waals surface area contributed by atoms with Crippen LogP contribution in [0.5, 0.6) is 0 Å². The van der Waals surface area contributed by atoms with Crippen LogP contribution in [0, 0.1) is 0 Å². The SMILES string of the molecule is CCCCC/C=C\C/C=C\CCCCCCCC(=O)OCCCCCCCCCCCCCCCCCCC(=O)NC(CO)C(O)/C=C/CCCCCCCCCCCCC. The quantitative estimate of drug-likeness (QED) is 0.0322. The van der Waals surface area contributed by atoms with Crippen LogP contribution in [-0.2, 0) is 14.3 Å². The number of hydrogen-bond donors (Lipinski definition) is 3. The van der Waals surface area contributed by atoms with Crippen molar-refractivity contribution in [2.75, 3.05) is 13.2 Å². The number of unbranched alkanes of at least 4 members (excludes halogenated alkanes) is 34. The van der Waals surface area contributed by atoms with Gasteiger partial charge in [-0.3, -0.25) is 9.59 Å². The van der Waals surface area contributed by atoms with Gasteiger partial charge in [-0.15, -0.1) is 0 Å². The molecule has 0 aliphatic rings. The van der Waals surface area contributed by atoms with E-state index in [1.165, 1.54) is 193 Å². The first kappa shape index (κ1) is 59.1. The highest BCUT2D eigenvalue weighted by atomic mass is 16.5. The van der Waals surface area contributed by atoms with Crippen LogP contribution in [0.15, 0.2) is 36.5 Å². The van der Waals surface area contributed by atoms with Crippen molar-refractivity contribution in [2.45, 2.75) is 289 Å². The van der Waals surface area contributed by atoms with E-state index in [0.717, 1.165) is 57.8 Å². The van der Waals surface area contributed by atoms with Gasteiger partial charge in [0.25, 0.3) is 0 Å². The Morgan fingerprint density at radius 1 is 0.459 bits per heavy atom. The van der Waals surface area contributed by atoms with Crippen LogP contribution in [0.2, 0.25) is 0 Å². The molecule has 6 nitrogen and oxygen atoms in total. The zero-order valence-electron chi connectivity index (χ0n) is 40.6. The Bertz CT molecular complexity index is 993. The number of carbonyl (C=O) groups is 2. The number of hydrogen-bond acceptors (Lipinski definition) is 5. The Morgan fingerprint density at radius 2 is 0.820 bits per heavy atom. The lowest BCUT2D eigenvalue weighted by Crippen LogP contribution is -2.45. The van der Waals surface area contributed by atoms with Gasteiger partial charge in [-0.1, -0.05) is 237 Å². The highest BCUT2D eigenvalue weighted by Gasteiger charge is 2.18. The topological polar surface area (TPSA) is 95.9 Å². The maximum Gasteiger partial charge on any atom is 0.305 e.